The number of fused-ring (bicyclic) bond motifs is 1. The molecule has 1 spiro atoms. The Morgan fingerprint density at radius 3 is 3.12 bits per heavy atom. The van der Waals surface area contributed by atoms with Gasteiger partial charge >= 0.3 is 0 Å². The molecule has 1 saturated heterocycles. The van der Waals surface area contributed by atoms with E-state index in [1.165, 1.54) is 6.07 Å². The summed E-state index contributed by atoms with van der Waals surface area (Å²) in [6, 6.07) is 4.65. The second-order valence-electron chi connectivity index (χ2n) is 4.67. The summed E-state index contributed by atoms with van der Waals surface area (Å²) in [6.45, 7) is 1.74. The van der Waals surface area contributed by atoms with Gasteiger partial charge in [0, 0.05) is 31.0 Å². The average Bonchev–Trinajstić information content (AvgIpc) is 2.65. The molecule has 2 heterocycles. The fraction of sp³-hybridized carbons (Fsp3) is 0.500. The van der Waals surface area contributed by atoms with Crippen LogP contribution >= 0.6 is 0 Å². The van der Waals surface area contributed by atoms with Crippen LogP contribution in [0, 0.1) is 5.82 Å². The van der Waals surface area contributed by atoms with E-state index in [-0.39, 0.29) is 17.5 Å². The molecular weight excluding hydrogens is 207 g/mol. The van der Waals surface area contributed by atoms with Crippen LogP contribution in [0.2, 0.25) is 0 Å². The highest BCUT2D eigenvalue weighted by atomic mass is 19.1. The summed E-state index contributed by atoms with van der Waals surface area (Å²) < 4.78 is 19.6. The minimum absolute atomic E-state index is 0.222. The lowest BCUT2D eigenvalue weighted by molar-refractivity contribution is 0.0538. The van der Waals surface area contributed by atoms with Crippen LogP contribution in [0.5, 0.6) is 5.75 Å². The first-order chi connectivity index (χ1) is 7.70. The highest BCUT2D eigenvalue weighted by molar-refractivity contribution is 5.40. The van der Waals surface area contributed by atoms with Crippen LogP contribution < -0.4 is 15.8 Å². The molecule has 0 saturated carbocycles. The van der Waals surface area contributed by atoms with E-state index in [2.05, 4.69) is 5.32 Å². The highest BCUT2D eigenvalue weighted by Crippen LogP contribution is 2.41. The van der Waals surface area contributed by atoms with Crippen molar-refractivity contribution in [2.45, 2.75) is 24.5 Å². The molecule has 0 aliphatic carbocycles. The van der Waals surface area contributed by atoms with Gasteiger partial charge in [-0.3, -0.25) is 0 Å². The van der Waals surface area contributed by atoms with Crippen LogP contribution in [-0.2, 0) is 0 Å². The predicted molar refractivity (Wildman–Crippen MR) is 58.8 cm³/mol. The van der Waals surface area contributed by atoms with Crippen molar-refractivity contribution in [2.75, 3.05) is 13.1 Å². The smallest absolute Gasteiger partial charge is 0.131 e. The largest absolute Gasteiger partial charge is 0.485 e. The zero-order chi connectivity index (χ0) is 11.2. The van der Waals surface area contributed by atoms with Gasteiger partial charge in [-0.25, -0.2) is 4.39 Å². The van der Waals surface area contributed by atoms with Gasteiger partial charge in [-0.05, 0) is 18.7 Å². The van der Waals surface area contributed by atoms with Crippen molar-refractivity contribution >= 4 is 0 Å². The summed E-state index contributed by atoms with van der Waals surface area (Å²) in [5.41, 5.74) is 6.36. The monoisotopic (exact) mass is 222 g/mol. The van der Waals surface area contributed by atoms with Crippen LogP contribution in [0.4, 0.5) is 4.39 Å². The molecule has 0 bridgehead atoms. The summed E-state index contributed by atoms with van der Waals surface area (Å²) >= 11 is 0. The van der Waals surface area contributed by atoms with E-state index in [9.17, 15) is 4.39 Å². The Hall–Kier alpha value is -1.13. The Morgan fingerprint density at radius 1 is 1.50 bits per heavy atom. The average molecular weight is 222 g/mol. The third-order valence-electron chi connectivity index (χ3n) is 3.51. The second kappa shape index (κ2) is 3.43. The Kier molecular flexibility index (Phi) is 2.16. The maximum absolute atomic E-state index is 13.6. The molecule has 1 aromatic rings. The number of halogens is 1. The van der Waals surface area contributed by atoms with Gasteiger partial charge in [-0.2, -0.15) is 0 Å². The third-order valence-corrected chi connectivity index (χ3v) is 3.51. The van der Waals surface area contributed by atoms with Crippen molar-refractivity contribution in [1.82, 2.24) is 5.32 Å². The number of benzene rings is 1. The molecular formula is C12H15FN2O. The van der Waals surface area contributed by atoms with Gasteiger partial charge in [0.15, 0.2) is 0 Å². The topological polar surface area (TPSA) is 47.3 Å². The summed E-state index contributed by atoms with van der Waals surface area (Å²) in [5, 5.41) is 3.27. The molecule has 1 aromatic carbocycles. The van der Waals surface area contributed by atoms with Crippen molar-refractivity contribution < 1.29 is 9.13 Å². The molecule has 2 aliphatic rings. The van der Waals surface area contributed by atoms with Gasteiger partial charge in [0.1, 0.15) is 17.2 Å². The van der Waals surface area contributed by atoms with Gasteiger partial charge in [0.2, 0.25) is 0 Å². The van der Waals surface area contributed by atoms with Crippen LogP contribution in [0.1, 0.15) is 24.4 Å². The molecule has 3 rings (SSSR count). The molecule has 3 N–H and O–H groups in total. The molecule has 2 unspecified atom stereocenters. The van der Waals surface area contributed by atoms with Crippen LogP contribution in [0.15, 0.2) is 18.2 Å². The summed E-state index contributed by atoms with van der Waals surface area (Å²) in [6.07, 6.45) is 1.63. The first kappa shape index (κ1) is 10.1. The molecule has 4 heteroatoms. The number of ether oxygens (including phenoxy) is 1. The number of nitrogens with two attached hydrogens (primary N) is 1. The molecule has 86 valence electrons. The number of hydrogen-bond acceptors (Lipinski definition) is 3. The summed E-state index contributed by atoms with van der Waals surface area (Å²) in [4.78, 5) is 0. The van der Waals surface area contributed by atoms with Crippen molar-refractivity contribution in [2.24, 2.45) is 5.73 Å². The predicted octanol–water partition coefficient (Wildman–Crippen LogP) is 1.34. The van der Waals surface area contributed by atoms with Crippen LogP contribution in [-0.4, -0.2) is 18.7 Å². The van der Waals surface area contributed by atoms with Crippen molar-refractivity contribution in [3.8, 4) is 5.75 Å². The molecule has 2 aliphatic heterocycles. The SMILES string of the molecule is NC1CC2(CCNC2)Oc2cccc(F)c21. The van der Waals surface area contributed by atoms with E-state index in [0.717, 1.165) is 19.5 Å². The summed E-state index contributed by atoms with van der Waals surface area (Å²) in [5.74, 6) is 0.355. The lowest BCUT2D eigenvalue weighted by Gasteiger charge is -2.38. The highest BCUT2D eigenvalue weighted by Gasteiger charge is 2.42. The van der Waals surface area contributed by atoms with E-state index >= 15 is 0 Å². The van der Waals surface area contributed by atoms with E-state index in [0.29, 0.717) is 17.7 Å². The number of nitrogens with one attached hydrogen (secondary N) is 1. The molecule has 3 nitrogen and oxygen atoms in total. The fourth-order valence-corrected chi connectivity index (χ4v) is 2.73. The zero-order valence-corrected chi connectivity index (χ0v) is 9.00. The van der Waals surface area contributed by atoms with E-state index in [4.69, 9.17) is 10.5 Å². The van der Waals surface area contributed by atoms with E-state index < -0.39 is 0 Å². The summed E-state index contributed by atoms with van der Waals surface area (Å²) in [7, 11) is 0. The quantitative estimate of drug-likeness (QED) is 0.696. The molecule has 0 amide bonds. The fourth-order valence-electron chi connectivity index (χ4n) is 2.73. The van der Waals surface area contributed by atoms with E-state index in [1.54, 1.807) is 12.1 Å². The minimum atomic E-state index is -0.259. The van der Waals surface area contributed by atoms with Gasteiger partial charge in [-0.1, -0.05) is 6.07 Å². The molecule has 0 radical (unpaired) electrons. The van der Waals surface area contributed by atoms with Gasteiger partial charge in [0.25, 0.3) is 0 Å². The molecule has 16 heavy (non-hydrogen) atoms. The second-order valence-corrected chi connectivity index (χ2v) is 4.67. The number of rotatable bonds is 0. The van der Waals surface area contributed by atoms with Crippen molar-refractivity contribution in [3.05, 3.63) is 29.6 Å². The van der Waals surface area contributed by atoms with Crippen molar-refractivity contribution in [1.29, 1.82) is 0 Å². The standard InChI is InChI=1S/C12H15FN2O/c13-8-2-1-3-10-11(8)9(14)6-12(16-10)4-5-15-7-12/h1-3,9,15H,4-7,14H2. The number of hydrogen-bond donors (Lipinski definition) is 2. The first-order valence-electron chi connectivity index (χ1n) is 5.64. The van der Waals surface area contributed by atoms with Gasteiger partial charge < -0.3 is 15.8 Å². The van der Waals surface area contributed by atoms with Crippen LogP contribution in [0.25, 0.3) is 0 Å². The third kappa shape index (κ3) is 1.41. The lowest BCUT2D eigenvalue weighted by Crippen LogP contribution is -2.44. The Bertz CT molecular complexity index is 415. The van der Waals surface area contributed by atoms with Crippen LogP contribution in [0.3, 0.4) is 0 Å². The Balaban J connectivity index is 2.02. The molecule has 2 atom stereocenters. The van der Waals surface area contributed by atoms with Crippen molar-refractivity contribution in [3.63, 3.8) is 0 Å². The Morgan fingerprint density at radius 2 is 2.38 bits per heavy atom. The first-order valence-corrected chi connectivity index (χ1v) is 5.64. The maximum Gasteiger partial charge on any atom is 0.131 e. The normalized spacial score (nSPS) is 32.5. The Labute approximate surface area is 93.8 Å². The zero-order valence-electron chi connectivity index (χ0n) is 9.00. The molecule has 1 fully saturated rings. The molecule has 0 aromatic heterocycles. The lowest BCUT2D eigenvalue weighted by atomic mass is 9.87. The maximum atomic E-state index is 13.6. The van der Waals surface area contributed by atoms with E-state index in [1.807, 2.05) is 0 Å². The minimum Gasteiger partial charge on any atom is -0.485 e. The van der Waals surface area contributed by atoms with Gasteiger partial charge in [-0.15, -0.1) is 0 Å². The van der Waals surface area contributed by atoms with Gasteiger partial charge in [0.05, 0.1) is 0 Å².